The van der Waals surface area contributed by atoms with E-state index < -0.39 is 10.0 Å². The summed E-state index contributed by atoms with van der Waals surface area (Å²) in [6.07, 6.45) is 6.22. The van der Waals surface area contributed by atoms with Gasteiger partial charge in [0.1, 0.15) is 0 Å². The van der Waals surface area contributed by atoms with Gasteiger partial charge in [0, 0.05) is 11.6 Å². The molecule has 3 aromatic carbocycles. The summed E-state index contributed by atoms with van der Waals surface area (Å²) in [7, 11) is -3.69. The smallest absolute Gasteiger partial charge is 0.261 e. The van der Waals surface area contributed by atoms with E-state index in [9.17, 15) is 8.42 Å². The van der Waals surface area contributed by atoms with Crippen LogP contribution in [0.1, 0.15) is 68.3 Å². The second-order valence-corrected chi connectivity index (χ2v) is 12.4. The highest BCUT2D eigenvalue weighted by atomic mass is 32.2. The maximum absolute atomic E-state index is 13.3. The summed E-state index contributed by atoms with van der Waals surface area (Å²) < 4.78 is 29.4. The Labute approximate surface area is 209 Å². The average Bonchev–Trinajstić information content (AvgIpc) is 3.33. The second kappa shape index (κ2) is 8.87. The van der Waals surface area contributed by atoms with Crippen LogP contribution in [0.3, 0.4) is 0 Å². The lowest BCUT2D eigenvalue weighted by Gasteiger charge is -2.38. The fraction of sp³-hybridized carbons (Fsp3) is 0.333. The Morgan fingerprint density at radius 1 is 1.00 bits per heavy atom. The summed E-state index contributed by atoms with van der Waals surface area (Å²) in [4.78, 5) is 0.302. The van der Waals surface area contributed by atoms with Crippen molar-refractivity contribution in [2.75, 3.05) is 10.0 Å². The van der Waals surface area contributed by atoms with E-state index in [2.05, 4.69) is 67.2 Å². The molecular formula is C30H34N2O2S. The highest BCUT2D eigenvalue weighted by molar-refractivity contribution is 7.92. The highest BCUT2D eigenvalue weighted by Crippen LogP contribution is 2.50. The van der Waals surface area contributed by atoms with Crippen LogP contribution >= 0.6 is 0 Å². The molecule has 0 radical (unpaired) electrons. The molecule has 0 saturated heterocycles. The quantitative estimate of drug-likeness (QED) is 0.376. The molecule has 2 aliphatic rings. The van der Waals surface area contributed by atoms with Gasteiger partial charge in [-0.15, -0.1) is 0 Å². The van der Waals surface area contributed by atoms with Gasteiger partial charge in [-0.3, -0.25) is 4.72 Å². The summed E-state index contributed by atoms with van der Waals surface area (Å²) >= 11 is 0. The van der Waals surface area contributed by atoms with E-state index in [1.807, 2.05) is 43.3 Å². The standard InChI is InChI=1S/C30H34N2O2S/c1-5-20-9-6-7-12-27(20)32-35(33,34)23-17-18-28-26(19-23)24-10-8-11-25(24)29(31-28)21-13-15-22(16-14-21)30(2,3)4/h6-10,12-19,24-25,29,31-32H,5,11H2,1-4H3/t24-,25+,29+/m0/s1. The van der Waals surface area contributed by atoms with Crippen molar-refractivity contribution in [2.45, 2.75) is 62.8 Å². The Morgan fingerprint density at radius 2 is 1.74 bits per heavy atom. The number of sulfonamides is 1. The van der Waals surface area contributed by atoms with Gasteiger partial charge in [0.15, 0.2) is 0 Å². The molecule has 1 heterocycles. The number of fused-ring (bicyclic) bond motifs is 3. The number of rotatable bonds is 5. The summed E-state index contributed by atoms with van der Waals surface area (Å²) in [5, 5.41) is 3.73. The molecule has 5 rings (SSSR count). The maximum atomic E-state index is 13.3. The summed E-state index contributed by atoms with van der Waals surface area (Å²) in [5.74, 6) is 0.548. The number of hydrogen-bond donors (Lipinski definition) is 2. The van der Waals surface area contributed by atoms with Crippen molar-refractivity contribution in [2.24, 2.45) is 5.92 Å². The van der Waals surface area contributed by atoms with Crippen LogP contribution in [0.15, 0.2) is 83.8 Å². The number of anilines is 2. The fourth-order valence-corrected chi connectivity index (χ4v) is 6.53. The highest BCUT2D eigenvalue weighted by Gasteiger charge is 2.38. The van der Waals surface area contributed by atoms with Crippen LogP contribution in [0.5, 0.6) is 0 Å². The second-order valence-electron chi connectivity index (χ2n) is 10.7. The lowest BCUT2D eigenvalue weighted by atomic mass is 9.76. The van der Waals surface area contributed by atoms with Crippen molar-refractivity contribution in [3.05, 3.63) is 101 Å². The first-order valence-electron chi connectivity index (χ1n) is 12.5. The van der Waals surface area contributed by atoms with Crippen molar-refractivity contribution >= 4 is 21.4 Å². The van der Waals surface area contributed by atoms with Crippen molar-refractivity contribution in [1.82, 2.24) is 0 Å². The average molecular weight is 487 g/mol. The first-order chi connectivity index (χ1) is 16.7. The number of allylic oxidation sites excluding steroid dienone is 2. The van der Waals surface area contributed by atoms with Crippen molar-refractivity contribution < 1.29 is 8.42 Å². The predicted octanol–water partition coefficient (Wildman–Crippen LogP) is 7.17. The molecule has 5 heteroatoms. The van der Waals surface area contributed by atoms with Gasteiger partial charge < -0.3 is 5.32 Å². The van der Waals surface area contributed by atoms with Gasteiger partial charge in [0.2, 0.25) is 0 Å². The molecule has 4 nitrogen and oxygen atoms in total. The van der Waals surface area contributed by atoms with Crippen molar-refractivity contribution in [1.29, 1.82) is 0 Å². The SMILES string of the molecule is CCc1ccccc1NS(=O)(=O)c1ccc2c(c1)[C@H]1C=CC[C@H]1[C@@H](c1ccc(C(C)(C)C)cc1)N2. The Hall–Kier alpha value is -3.05. The summed E-state index contributed by atoms with van der Waals surface area (Å²) in [5.41, 5.74) is 6.41. The molecular weight excluding hydrogens is 452 g/mol. The van der Waals surface area contributed by atoms with Crippen molar-refractivity contribution in [3.63, 3.8) is 0 Å². The lowest BCUT2D eigenvalue weighted by Crippen LogP contribution is -2.29. The molecule has 0 unspecified atom stereocenters. The Bertz CT molecular complexity index is 1370. The van der Waals surface area contributed by atoms with Gasteiger partial charge >= 0.3 is 0 Å². The van der Waals surface area contributed by atoms with Crippen LogP contribution in [0.2, 0.25) is 0 Å². The van der Waals surface area contributed by atoms with E-state index in [0.29, 0.717) is 16.5 Å². The fourth-order valence-electron chi connectivity index (χ4n) is 5.39. The minimum Gasteiger partial charge on any atom is -0.378 e. The number of benzene rings is 3. The zero-order valence-electron chi connectivity index (χ0n) is 20.9. The first-order valence-corrected chi connectivity index (χ1v) is 13.9. The molecule has 0 amide bonds. The molecule has 0 bridgehead atoms. The van der Waals surface area contributed by atoms with Gasteiger partial charge in [-0.05, 0) is 70.7 Å². The first kappa shape index (κ1) is 23.7. The Morgan fingerprint density at radius 3 is 2.46 bits per heavy atom. The van der Waals surface area contributed by atoms with Crippen LogP contribution in [0, 0.1) is 5.92 Å². The van der Waals surface area contributed by atoms with Gasteiger partial charge in [-0.25, -0.2) is 8.42 Å². The predicted molar refractivity (Wildman–Crippen MR) is 145 cm³/mol. The molecule has 35 heavy (non-hydrogen) atoms. The molecule has 1 aliphatic heterocycles. The molecule has 182 valence electrons. The van der Waals surface area contributed by atoms with E-state index in [0.717, 1.165) is 29.7 Å². The molecule has 0 fully saturated rings. The topological polar surface area (TPSA) is 58.2 Å². The lowest BCUT2D eigenvalue weighted by molar-refractivity contribution is 0.425. The molecule has 0 spiro atoms. The number of hydrogen-bond acceptors (Lipinski definition) is 3. The van der Waals surface area contributed by atoms with Gasteiger partial charge in [0.25, 0.3) is 10.0 Å². The normalized spacial score (nSPS) is 21.2. The van der Waals surface area contributed by atoms with Crippen LogP contribution in [0.25, 0.3) is 0 Å². The van der Waals surface area contributed by atoms with E-state index >= 15 is 0 Å². The number of para-hydroxylation sites is 1. The maximum Gasteiger partial charge on any atom is 0.261 e. The molecule has 0 saturated carbocycles. The molecule has 0 aromatic heterocycles. The monoisotopic (exact) mass is 486 g/mol. The summed E-state index contributed by atoms with van der Waals surface area (Å²) in [6, 6.07) is 22.2. The third kappa shape index (κ3) is 4.50. The van der Waals surface area contributed by atoms with Crippen LogP contribution < -0.4 is 10.0 Å². The van der Waals surface area contributed by atoms with Crippen molar-refractivity contribution in [3.8, 4) is 0 Å². The van der Waals surface area contributed by atoms with Crippen LogP contribution in [-0.4, -0.2) is 8.42 Å². The van der Waals surface area contributed by atoms with Crippen LogP contribution in [0.4, 0.5) is 11.4 Å². The van der Waals surface area contributed by atoms with Gasteiger partial charge in [0.05, 0.1) is 16.6 Å². The van der Waals surface area contributed by atoms with E-state index in [1.54, 1.807) is 6.07 Å². The molecule has 1 aliphatic carbocycles. The minimum atomic E-state index is -3.69. The third-order valence-corrected chi connectivity index (χ3v) is 8.79. The Kier molecular flexibility index (Phi) is 6.00. The van der Waals surface area contributed by atoms with E-state index in [4.69, 9.17) is 0 Å². The molecule has 3 atom stereocenters. The Balaban J connectivity index is 1.46. The minimum absolute atomic E-state index is 0.121. The molecule has 3 aromatic rings. The number of nitrogens with one attached hydrogen (secondary N) is 2. The van der Waals surface area contributed by atoms with Gasteiger partial charge in [-0.2, -0.15) is 0 Å². The van der Waals surface area contributed by atoms with Crippen LogP contribution in [-0.2, 0) is 21.9 Å². The largest absolute Gasteiger partial charge is 0.378 e. The van der Waals surface area contributed by atoms with E-state index in [-0.39, 0.29) is 17.4 Å². The van der Waals surface area contributed by atoms with E-state index in [1.165, 1.54) is 11.1 Å². The number of aryl methyl sites for hydroxylation is 1. The summed E-state index contributed by atoms with van der Waals surface area (Å²) in [6.45, 7) is 8.72. The zero-order chi connectivity index (χ0) is 24.8. The van der Waals surface area contributed by atoms with Gasteiger partial charge in [-0.1, -0.05) is 82.3 Å². The molecule has 2 N–H and O–H groups in total. The third-order valence-electron chi connectivity index (χ3n) is 7.42. The zero-order valence-corrected chi connectivity index (χ0v) is 21.7.